The third-order valence-electron chi connectivity index (χ3n) is 6.75. The lowest BCUT2D eigenvalue weighted by atomic mass is 9.92. The van der Waals surface area contributed by atoms with Crippen LogP contribution >= 0.6 is 0 Å². The SMILES string of the molecule is CC(=O)N1CC(CC(=O)[C@H](C)NC(=O)c2cc(C(=O)NCc3ccc4c(c3)CC(=O)O4)nc3c(F)cnn23)C1. The number of ketones is 1. The van der Waals surface area contributed by atoms with Crippen molar-refractivity contribution >= 4 is 35.1 Å². The van der Waals surface area contributed by atoms with Crippen molar-refractivity contribution in [3.63, 3.8) is 0 Å². The van der Waals surface area contributed by atoms with Gasteiger partial charge >= 0.3 is 5.97 Å². The Balaban J connectivity index is 1.27. The summed E-state index contributed by atoms with van der Waals surface area (Å²) < 4.78 is 20.4. The Morgan fingerprint density at radius 1 is 1.18 bits per heavy atom. The molecule has 39 heavy (non-hydrogen) atoms. The number of hydrogen-bond donors (Lipinski definition) is 2. The number of nitrogens with zero attached hydrogens (tertiary/aromatic N) is 4. The van der Waals surface area contributed by atoms with Crippen molar-refractivity contribution in [2.45, 2.75) is 39.3 Å². The van der Waals surface area contributed by atoms with Crippen LogP contribution in [0.25, 0.3) is 5.65 Å². The maximum atomic E-state index is 14.4. The van der Waals surface area contributed by atoms with Crippen LogP contribution in [0.5, 0.6) is 5.75 Å². The van der Waals surface area contributed by atoms with E-state index in [1.807, 2.05) is 0 Å². The molecule has 2 aliphatic heterocycles. The van der Waals surface area contributed by atoms with E-state index in [0.29, 0.717) is 30.0 Å². The van der Waals surface area contributed by atoms with Crippen LogP contribution in [0.3, 0.4) is 0 Å². The Bertz CT molecular complexity index is 1530. The van der Waals surface area contributed by atoms with Gasteiger partial charge in [0.1, 0.15) is 17.1 Å². The topological polar surface area (TPSA) is 152 Å². The summed E-state index contributed by atoms with van der Waals surface area (Å²) >= 11 is 0. The van der Waals surface area contributed by atoms with Gasteiger partial charge in [0.05, 0.1) is 18.7 Å². The van der Waals surface area contributed by atoms with Gasteiger partial charge in [-0.1, -0.05) is 6.07 Å². The number of aromatic nitrogens is 3. The van der Waals surface area contributed by atoms with Crippen molar-refractivity contribution < 1.29 is 33.1 Å². The molecule has 1 aromatic carbocycles. The van der Waals surface area contributed by atoms with Crippen molar-refractivity contribution in [1.29, 1.82) is 0 Å². The molecule has 13 heteroatoms. The second-order valence-electron chi connectivity index (χ2n) is 9.69. The molecule has 2 aromatic heterocycles. The number of likely N-dealkylation sites (tertiary alicyclic amines) is 1. The molecule has 4 heterocycles. The fourth-order valence-electron chi connectivity index (χ4n) is 4.55. The minimum atomic E-state index is -0.861. The lowest BCUT2D eigenvalue weighted by Gasteiger charge is -2.38. The standard InChI is InChI=1S/C26H25FN6O6/c1-13(21(35)6-16-11-32(12-16)14(2)34)30-26(38)20-8-19(31-24-18(27)10-29-33(20)24)25(37)28-9-15-3-4-22-17(5-15)7-23(36)39-22/h3-5,8,10,13,16H,6-7,9,11-12H2,1-2H3,(H,28,37)(H,30,38)/t13-/m0/s1. The van der Waals surface area contributed by atoms with Gasteiger partial charge in [-0.15, -0.1) is 0 Å². The molecule has 5 rings (SSSR count). The molecule has 1 fully saturated rings. The largest absolute Gasteiger partial charge is 0.426 e. The van der Waals surface area contributed by atoms with Crippen molar-refractivity contribution in [1.82, 2.24) is 30.1 Å². The Morgan fingerprint density at radius 2 is 1.95 bits per heavy atom. The van der Waals surface area contributed by atoms with E-state index in [0.717, 1.165) is 10.7 Å². The number of halogens is 1. The van der Waals surface area contributed by atoms with Crippen LogP contribution in [0, 0.1) is 11.7 Å². The summed E-state index contributed by atoms with van der Waals surface area (Å²) in [6, 6.07) is 5.40. The first kappa shape index (κ1) is 25.9. The molecule has 0 aliphatic carbocycles. The van der Waals surface area contributed by atoms with Gasteiger partial charge in [-0.2, -0.15) is 5.10 Å². The molecule has 202 valence electrons. The summed E-state index contributed by atoms with van der Waals surface area (Å²) in [4.78, 5) is 67.1. The Morgan fingerprint density at radius 3 is 2.69 bits per heavy atom. The Kier molecular flexibility index (Phi) is 6.81. The van der Waals surface area contributed by atoms with E-state index >= 15 is 0 Å². The van der Waals surface area contributed by atoms with E-state index in [2.05, 4.69) is 20.7 Å². The second kappa shape index (κ2) is 10.2. The van der Waals surface area contributed by atoms with Gasteiger partial charge in [0.2, 0.25) is 5.91 Å². The number of Topliss-reactive ketones (excluding diaryl/α,β-unsaturated/α-hetero) is 1. The fourth-order valence-corrected chi connectivity index (χ4v) is 4.55. The molecule has 0 unspecified atom stereocenters. The van der Waals surface area contributed by atoms with Gasteiger partial charge in [0, 0.05) is 50.5 Å². The normalized spacial score (nSPS) is 15.4. The Hall–Kier alpha value is -4.68. The van der Waals surface area contributed by atoms with Crippen LogP contribution in [0.1, 0.15) is 52.4 Å². The van der Waals surface area contributed by atoms with Gasteiger partial charge < -0.3 is 20.3 Å². The summed E-state index contributed by atoms with van der Waals surface area (Å²) in [7, 11) is 0. The molecule has 3 aromatic rings. The third-order valence-corrected chi connectivity index (χ3v) is 6.75. The van der Waals surface area contributed by atoms with Crippen LogP contribution in [0.2, 0.25) is 0 Å². The predicted molar refractivity (Wildman–Crippen MR) is 132 cm³/mol. The maximum absolute atomic E-state index is 14.4. The van der Waals surface area contributed by atoms with E-state index in [4.69, 9.17) is 4.74 Å². The first-order valence-corrected chi connectivity index (χ1v) is 12.3. The van der Waals surface area contributed by atoms with Crippen LogP contribution in [-0.4, -0.2) is 68.1 Å². The highest BCUT2D eigenvalue weighted by atomic mass is 19.1. The van der Waals surface area contributed by atoms with Gasteiger partial charge in [0.15, 0.2) is 17.2 Å². The molecule has 2 N–H and O–H groups in total. The van der Waals surface area contributed by atoms with Crippen LogP contribution < -0.4 is 15.4 Å². The Labute approximate surface area is 221 Å². The summed E-state index contributed by atoms with van der Waals surface area (Å²) in [6.07, 6.45) is 1.22. The number of rotatable bonds is 8. The number of ether oxygens (including phenoxy) is 1. The monoisotopic (exact) mass is 536 g/mol. The first-order chi connectivity index (χ1) is 18.6. The fraction of sp³-hybridized carbons (Fsp3) is 0.346. The average Bonchev–Trinajstić information content (AvgIpc) is 3.44. The molecule has 2 aliphatic rings. The van der Waals surface area contributed by atoms with Gasteiger partial charge in [-0.05, 0) is 24.6 Å². The van der Waals surface area contributed by atoms with Gasteiger partial charge in [0.25, 0.3) is 11.8 Å². The zero-order valence-electron chi connectivity index (χ0n) is 21.2. The minimum Gasteiger partial charge on any atom is -0.426 e. The number of carbonyl (C=O) groups excluding carboxylic acids is 5. The number of benzene rings is 1. The molecule has 0 saturated carbocycles. The van der Waals surface area contributed by atoms with E-state index < -0.39 is 23.7 Å². The van der Waals surface area contributed by atoms with Crippen LogP contribution in [0.15, 0.2) is 30.5 Å². The highest BCUT2D eigenvalue weighted by molar-refractivity contribution is 6.00. The molecule has 3 amide bonds. The van der Waals surface area contributed by atoms with Crippen LogP contribution in [-0.2, 0) is 27.3 Å². The summed E-state index contributed by atoms with van der Waals surface area (Å²) in [6.45, 7) is 4.08. The van der Waals surface area contributed by atoms with E-state index in [1.54, 1.807) is 23.1 Å². The van der Waals surface area contributed by atoms with E-state index in [1.165, 1.54) is 19.9 Å². The molecule has 0 radical (unpaired) electrons. The highest BCUT2D eigenvalue weighted by Gasteiger charge is 2.32. The number of nitrogens with one attached hydrogen (secondary N) is 2. The van der Waals surface area contributed by atoms with Gasteiger partial charge in [-0.25, -0.2) is 13.9 Å². The molecular weight excluding hydrogens is 511 g/mol. The van der Waals surface area contributed by atoms with Crippen molar-refractivity contribution in [3.8, 4) is 5.75 Å². The maximum Gasteiger partial charge on any atom is 0.315 e. The third kappa shape index (κ3) is 5.33. The highest BCUT2D eigenvalue weighted by Crippen LogP contribution is 2.26. The molecule has 0 bridgehead atoms. The lowest BCUT2D eigenvalue weighted by Crippen LogP contribution is -2.51. The lowest BCUT2D eigenvalue weighted by molar-refractivity contribution is -0.137. The van der Waals surface area contributed by atoms with E-state index in [-0.39, 0.29) is 60.0 Å². The number of carbonyl (C=O) groups is 5. The number of esters is 1. The number of amides is 3. The first-order valence-electron chi connectivity index (χ1n) is 12.3. The van der Waals surface area contributed by atoms with Crippen molar-refractivity contribution in [2.24, 2.45) is 5.92 Å². The quantitative estimate of drug-likeness (QED) is 0.317. The van der Waals surface area contributed by atoms with Crippen LogP contribution in [0.4, 0.5) is 4.39 Å². The second-order valence-corrected chi connectivity index (χ2v) is 9.69. The van der Waals surface area contributed by atoms with Crippen molar-refractivity contribution in [2.75, 3.05) is 13.1 Å². The van der Waals surface area contributed by atoms with E-state index in [9.17, 15) is 28.4 Å². The smallest absolute Gasteiger partial charge is 0.315 e. The summed E-state index contributed by atoms with van der Waals surface area (Å²) in [5.41, 5.74) is 0.709. The van der Waals surface area contributed by atoms with Gasteiger partial charge in [-0.3, -0.25) is 24.0 Å². The molecular formula is C26H25FN6O6. The number of fused-ring (bicyclic) bond motifs is 2. The zero-order chi connectivity index (χ0) is 27.8. The average molecular weight is 537 g/mol. The molecule has 12 nitrogen and oxygen atoms in total. The molecule has 0 spiro atoms. The summed E-state index contributed by atoms with van der Waals surface area (Å²) in [5.74, 6) is -2.33. The minimum absolute atomic E-state index is 0.0302. The molecule has 1 saturated heterocycles. The molecule has 1 atom stereocenters. The summed E-state index contributed by atoms with van der Waals surface area (Å²) in [5, 5.41) is 9.10. The predicted octanol–water partition coefficient (Wildman–Crippen LogP) is 0.816. The number of hydrogen-bond acceptors (Lipinski definition) is 8. The zero-order valence-corrected chi connectivity index (χ0v) is 21.2. The van der Waals surface area contributed by atoms with Crippen molar-refractivity contribution in [3.05, 3.63) is 58.8 Å².